The van der Waals surface area contributed by atoms with Crippen LogP contribution in [-0.2, 0) is 0 Å². The Morgan fingerprint density at radius 3 is 1.25 bits per heavy atom. The molecule has 0 aromatic rings. The minimum Gasteiger partial charge on any atom is -0.155 e. The molecule has 0 heterocycles. The van der Waals surface area contributed by atoms with Crippen molar-refractivity contribution in [1.82, 2.24) is 0 Å². The average Bonchev–Trinajstić information content (AvgIpc) is 0.918. The predicted octanol–water partition coefficient (Wildman–Crippen LogP) is 0.0820. The molecule has 0 atom stereocenters. The summed E-state index contributed by atoms with van der Waals surface area (Å²) in [6.45, 7) is 0. The first kappa shape index (κ1) is 9.02. The summed E-state index contributed by atoms with van der Waals surface area (Å²) in [5.41, 5.74) is 0. The van der Waals surface area contributed by atoms with Gasteiger partial charge in [0.25, 0.3) is 0 Å². The zero-order valence-electron chi connectivity index (χ0n) is 1.96. The fraction of sp³-hybridized carbons (Fsp3) is 0. The topological polar surface area (TPSA) is 0 Å². The van der Waals surface area contributed by atoms with Gasteiger partial charge in [0.1, 0.15) is 0 Å². The van der Waals surface area contributed by atoms with Crippen molar-refractivity contribution in [3.63, 3.8) is 0 Å². The zero-order valence-corrected chi connectivity index (χ0v) is 6.99. The molecule has 0 amide bonds. The van der Waals surface area contributed by atoms with Crippen LogP contribution in [0.25, 0.3) is 0 Å². The first-order valence-electron chi connectivity index (χ1n) is 0.535. The SMILES string of the molecule is Cl[SiH2]Cl.[Ge]. The summed E-state index contributed by atoms with van der Waals surface area (Å²) < 4.78 is 0. The molecule has 0 saturated carbocycles. The van der Waals surface area contributed by atoms with Crippen LogP contribution in [-0.4, -0.2) is 25.7 Å². The van der Waals surface area contributed by atoms with E-state index >= 15 is 0 Å². The molecule has 0 spiro atoms. The van der Waals surface area contributed by atoms with Gasteiger partial charge in [-0.15, -0.1) is 0 Å². The maximum absolute atomic E-state index is 4.90. The van der Waals surface area contributed by atoms with Gasteiger partial charge in [-0.3, -0.25) is 0 Å². The molecule has 0 aliphatic heterocycles. The summed E-state index contributed by atoms with van der Waals surface area (Å²) in [6, 6.07) is 0. The molecule has 0 unspecified atom stereocenters. The molecule has 24 valence electrons. The molecule has 0 fully saturated rings. The van der Waals surface area contributed by atoms with Crippen LogP contribution in [0.3, 0.4) is 0 Å². The third kappa shape index (κ3) is 10.2. The van der Waals surface area contributed by atoms with E-state index in [-0.39, 0.29) is 17.6 Å². The van der Waals surface area contributed by atoms with E-state index in [4.69, 9.17) is 22.2 Å². The molecule has 0 nitrogen and oxygen atoms in total. The molecular formula is H2Cl2GeSi. The van der Waals surface area contributed by atoms with E-state index in [1.165, 1.54) is 0 Å². The first-order chi connectivity index (χ1) is 1.41. The monoisotopic (exact) mass is 174 g/mol. The van der Waals surface area contributed by atoms with Crippen molar-refractivity contribution in [3.8, 4) is 0 Å². The van der Waals surface area contributed by atoms with E-state index in [2.05, 4.69) is 0 Å². The zero-order chi connectivity index (χ0) is 2.71. The molecule has 4 heteroatoms. The fourth-order valence-corrected chi connectivity index (χ4v) is 0. The van der Waals surface area contributed by atoms with Gasteiger partial charge in [-0.2, -0.15) is 22.2 Å². The van der Waals surface area contributed by atoms with Crippen molar-refractivity contribution >= 4 is 47.9 Å². The fourth-order valence-electron chi connectivity index (χ4n) is 0. The van der Waals surface area contributed by atoms with Crippen LogP contribution >= 0.6 is 22.2 Å². The van der Waals surface area contributed by atoms with Crippen LogP contribution in [0.2, 0.25) is 0 Å². The molecule has 4 heavy (non-hydrogen) atoms. The quantitative estimate of drug-likeness (QED) is 0.360. The molecule has 0 aromatic carbocycles. The van der Waals surface area contributed by atoms with Crippen molar-refractivity contribution < 1.29 is 0 Å². The number of rotatable bonds is 0. The Kier molecular flexibility index (Phi) is 19.9. The standard InChI is InChI=1S/Cl2H2Si.Ge/c1-3-2;/h3H2;. The summed E-state index contributed by atoms with van der Waals surface area (Å²) >= 11 is 9.81. The van der Waals surface area contributed by atoms with Crippen molar-refractivity contribution in [2.45, 2.75) is 0 Å². The van der Waals surface area contributed by atoms with Crippen LogP contribution in [0.4, 0.5) is 0 Å². The maximum Gasteiger partial charge on any atom is 0.222 e. The molecule has 0 bridgehead atoms. The number of hydrogen-bond donors (Lipinski definition) is 0. The Morgan fingerprint density at radius 2 is 1.25 bits per heavy atom. The van der Waals surface area contributed by atoms with E-state index in [1.54, 1.807) is 0 Å². The molecule has 0 N–H and O–H groups in total. The summed E-state index contributed by atoms with van der Waals surface area (Å²) in [4.78, 5) is 0. The smallest absolute Gasteiger partial charge is 0.155 e. The molecular weight excluding hydrogens is 172 g/mol. The van der Waals surface area contributed by atoms with Gasteiger partial charge in [0.2, 0.25) is 8.14 Å². The Balaban J connectivity index is 0. The van der Waals surface area contributed by atoms with Crippen molar-refractivity contribution in [3.05, 3.63) is 0 Å². The number of hydrogen-bond acceptors (Lipinski definition) is 0. The third-order valence-electron chi connectivity index (χ3n) is 0. The van der Waals surface area contributed by atoms with Gasteiger partial charge in [-0.05, 0) is 0 Å². The van der Waals surface area contributed by atoms with Gasteiger partial charge >= 0.3 is 0 Å². The first-order valence-corrected chi connectivity index (χ1v) is 4.81. The Bertz CT molecular complexity index is 6.00. The van der Waals surface area contributed by atoms with Crippen molar-refractivity contribution in [2.75, 3.05) is 0 Å². The van der Waals surface area contributed by atoms with Gasteiger partial charge in [0.05, 0.1) is 0 Å². The van der Waals surface area contributed by atoms with Gasteiger partial charge in [-0.1, -0.05) is 0 Å². The summed E-state index contributed by atoms with van der Waals surface area (Å²) in [5, 5.41) is 0. The molecule has 0 saturated heterocycles. The summed E-state index contributed by atoms with van der Waals surface area (Å²) in [7, 11) is -0.639. The van der Waals surface area contributed by atoms with Crippen LogP contribution < -0.4 is 0 Å². The number of halogens is 2. The Morgan fingerprint density at radius 1 is 1.25 bits per heavy atom. The van der Waals surface area contributed by atoms with E-state index < -0.39 is 8.14 Å². The van der Waals surface area contributed by atoms with Gasteiger partial charge in [-0.25, -0.2) is 0 Å². The maximum atomic E-state index is 4.90. The largest absolute Gasteiger partial charge is 0.222 e. The van der Waals surface area contributed by atoms with Crippen LogP contribution in [0.15, 0.2) is 0 Å². The average molecular weight is 174 g/mol. The van der Waals surface area contributed by atoms with E-state index in [9.17, 15) is 0 Å². The van der Waals surface area contributed by atoms with Crippen molar-refractivity contribution in [1.29, 1.82) is 0 Å². The van der Waals surface area contributed by atoms with Gasteiger partial charge in [0.15, 0.2) is 0 Å². The summed E-state index contributed by atoms with van der Waals surface area (Å²) in [5.74, 6) is 0. The predicted molar refractivity (Wildman–Crippen MR) is 26.0 cm³/mol. The normalized spacial score (nSPS) is 4.50. The summed E-state index contributed by atoms with van der Waals surface area (Å²) in [6.07, 6.45) is 0. The van der Waals surface area contributed by atoms with Crippen LogP contribution in [0.1, 0.15) is 0 Å². The van der Waals surface area contributed by atoms with Crippen LogP contribution in [0, 0.1) is 0 Å². The molecule has 0 aromatic heterocycles. The minimum atomic E-state index is -0.639. The second kappa shape index (κ2) is 8.84. The second-order valence-corrected chi connectivity index (χ2v) is 2.73. The second-order valence-electron chi connectivity index (χ2n) is 0.101. The molecule has 0 rings (SSSR count). The van der Waals surface area contributed by atoms with E-state index in [1.807, 2.05) is 0 Å². The van der Waals surface area contributed by atoms with Crippen LogP contribution in [0.5, 0.6) is 0 Å². The van der Waals surface area contributed by atoms with E-state index in [0.717, 1.165) is 0 Å². The van der Waals surface area contributed by atoms with Gasteiger partial charge in [0, 0.05) is 17.6 Å². The molecule has 0 aliphatic rings. The molecule has 0 aliphatic carbocycles. The van der Waals surface area contributed by atoms with Crippen molar-refractivity contribution in [2.24, 2.45) is 0 Å². The van der Waals surface area contributed by atoms with Gasteiger partial charge < -0.3 is 0 Å². The Labute approximate surface area is 48.1 Å². The third-order valence-corrected chi connectivity index (χ3v) is 0. The Hall–Kier alpha value is 1.34. The van der Waals surface area contributed by atoms with E-state index in [0.29, 0.717) is 0 Å². The minimum absolute atomic E-state index is 0. The molecule has 4 radical (unpaired) electrons.